The summed E-state index contributed by atoms with van der Waals surface area (Å²) >= 11 is 0.514. The lowest BCUT2D eigenvalue weighted by molar-refractivity contribution is -0.301. The lowest BCUT2D eigenvalue weighted by atomic mass is 9.86. The number of hydrogen-bond donors (Lipinski definition) is 1. The van der Waals surface area contributed by atoms with Crippen LogP contribution in [-0.2, 0) is 5.54 Å². The van der Waals surface area contributed by atoms with E-state index in [-0.39, 0.29) is 34.1 Å². The van der Waals surface area contributed by atoms with E-state index >= 15 is 0 Å². The van der Waals surface area contributed by atoms with Crippen molar-refractivity contribution in [2.24, 2.45) is 5.18 Å². The number of carbonyl (C=O) groups is 2. The first kappa shape index (κ1) is 29.8. The number of halogens is 8. The van der Waals surface area contributed by atoms with Gasteiger partial charge in [0.15, 0.2) is 5.01 Å². The Morgan fingerprint density at radius 3 is 2.20 bits per heavy atom. The normalized spacial score (nSPS) is 18.6. The van der Waals surface area contributed by atoms with Crippen LogP contribution in [-0.4, -0.2) is 52.7 Å². The van der Waals surface area contributed by atoms with Crippen molar-refractivity contribution in [1.29, 1.82) is 0 Å². The minimum absolute atomic E-state index is 0.0943. The van der Waals surface area contributed by atoms with Gasteiger partial charge < -0.3 is 10.2 Å². The number of rotatable bonds is 7. The largest absolute Gasteiger partial charge is 0.430 e. The van der Waals surface area contributed by atoms with Gasteiger partial charge in [-0.05, 0) is 50.3 Å². The summed E-state index contributed by atoms with van der Waals surface area (Å²) in [5.41, 5.74) is -9.53. The summed E-state index contributed by atoms with van der Waals surface area (Å²) in [7, 11) is 0. The van der Waals surface area contributed by atoms with E-state index < -0.39 is 58.5 Å². The van der Waals surface area contributed by atoms with Gasteiger partial charge in [0.05, 0.1) is 4.88 Å². The fourth-order valence-corrected chi connectivity index (χ4v) is 5.74. The zero-order valence-corrected chi connectivity index (χ0v) is 21.5. The van der Waals surface area contributed by atoms with Crippen LogP contribution >= 0.6 is 11.3 Å². The Balaban J connectivity index is 1.89. The van der Waals surface area contributed by atoms with Crippen molar-refractivity contribution in [3.05, 3.63) is 44.9 Å². The Labute approximate surface area is 225 Å². The standard InChI is InChI=1S/C24H22F8N4O3S/c1-11-4-3-9-36(11)21(38)16-17(40-20(34-16)19(37)33-13-5-2-6-13)14-8-7-12(10-15(14)18(25)26)22(35-39,23(27,28)29)24(30,31)32/h7-8,10-11,13,18H,2-6,9H2,1H3,(H,33,37)/t11-/m0/s1. The number of nitrogens with one attached hydrogen (secondary N) is 1. The summed E-state index contributed by atoms with van der Waals surface area (Å²) in [6.45, 7) is 2.03. The summed E-state index contributed by atoms with van der Waals surface area (Å²) in [5, 5.41) is 3.75. The lowest BCUT2D eigenvalue weighted by Gasteiger charge is -2.31. The fraction of sp³-hybridized carbons (Fsp3) is 0.542. The van der Waals surface area contributed by atoms with Gasteiger partial charge >= 0.3 is 17.9 Å². The van der Waals surface area contributed by atoms with Gasteiger partial charge in [-0.2, -0.15) is 26.3 Å². The highest BCUT2D eigenvalue weighted by Crippen LogP contribution is 2.54. The van der Waals surface area contributed by atoms with Crippen molar-refractivity contribution < 1.29 is 44.7 Å². The summed E-state index contributed by atoms with van der Waals surface area (Å²) in [6, 6.07) is 0.235. The minimum Gasteiger partial charge on any atom is -0.347 e. The van der Waals surface area contributed by atoms with Crippen molar-refractivity contribution in [1.82, 2.24) is 15.2 Å². The molecule has 2 aromatic rings. The maximum Gasteiger partial charge on any atom is 0.430 e. The third-order valence-electron chi connectivity index (χ3n) is 7.18. The molecule has 16 heteroatoms. The van der Waals surface area contributed by atoms with Crippen LogP contribution in [0.4, 0.5) is 35.1 Å². The highest BCUT2D eigenvalue weighted by atomic mass is 32.1. The number of hydrogen-bond acceptors (Lipinski definition) is 6. The van der Waals surface area contributed by atoms with E-state index in [4.69, 9.17) is 0 Å². The van der Waals surface area contributed by atoms with Crippen LogP contribution in [0.15, 0.2) is 23.4 Å². The van der Waals surface area contributed by atoms with E-state index in [1.54, 1.807) is 6.92 Å². The highest BCUT2D eigenvalue weighted by Gasteiger charge is 2.74. The van der Waals surface area contributed by atoms with E-state index in [9.17, 15) is 49.6 Å². The third kappa shape index (κ3) is 5.05. The maximum absolute atomic E-state index is 14.2. The van der Waals surface area contributed by atoms with Gasteiger partial charge in [0.25, 0.3) is 18.2 Å². The second-order valence-electron chi connectivity index (χ2n) is 9.69. The SMILES string of the molecule is C[C@H]1CCCN1C(=O)c1nc(C(=O)NC2CCC2)sc1-c1ccc(C(N=O)(C(F)(F)F)C(F)(F)F)cc1C(F)F. The number of carbonyl (C=O) groups excluding carboxylic acids is 2. The lowest BCUT2D eigenvalue weighted by Crippen LogP contribution is -2.52. The first-order valence-corrected chi connectivity index (χ1v) is 13.0. The van der Waals surface area contributed by atoms with E-state index in [1.807, 2.05) is 0 Å². The van der Waals surface area contributed by atoms with E-state index in [0.717, 1.165) is 6.42 Å². The summed E-state index contributed by atoms with van der Waals surface area (Å²) in [4.78, 5) is 42.4. The molecule has 1 aliphatic carbocycles. The fourth-order valence-electron chi connectivity index (χ4n) is 4.73. The first-order valence-electron chi connectivity index (χ1n) is 12.2. The molecule has 4 rings (SSSR count). The summed E-state index contributed by atoms with van der Waals surface area (Å²) < 4.78 is 110. The Morgan fingerprint density at radius 1 is 1.07 bits per heavy atom. The van der Waals surface area contributed by atoms with E-state index in [0.29, 0.717) is 49.6 Å². The second-order valence-corrected chi connectivity index (χ2v) is 10.7. The Hall–Kier alpha value is -3.17. The van der Waals surface area contributed by atoms with Crippen LogP contribution in [0.2, 0.25) is 0 Å². The van der Waals surface area contributed by atoms with Gasteiger partial charge in [-0.15, -0.1) is 16.2 Å². The minimum atomic E-state index is -6.31. The number of amides is 2. The van der Waals surface area contributed by atoms with Gasteiger partial charge in [-0.1, -0.05) is 12.1 Å². The van der Waals surface area contributed by atoms with Gasteiger partial charge in [0.1, 0.15) is 5.69 Å². The van der Waals surface area contributed by atoms with Crippen LogP contribution in [0, 0.1) is 4.91 Å². The zero-order chi connectivity index (χ0) is 29.6. The molecule has 2 amide bonds. The molecule has 1 aliphatic heterocycles. The average molecular weight is 599 g/mol. The van der Waals surface area contributed by atoms with Crippen LogP contribution in [0.5, 0.6) is 0 Å². The predicted molar refractivity (Wildman–Crippen MR) is 127 cm³/mol. The van der Waals surface area contributed by atoms with Crippen molar-refractivity contribution in [3.8, 4) is 10.4 Å². The number of nitroso groups, excluding NO2 is 1. The van der Waals surface area contributed by atoms with Crippen LogP contribution in [0.1, 0.15) is 76.9 Å². The number of aromatic nitrogens is 1. The van der Waals surface area contributed by atoms with Crippen molar-refractivity contribution in [2.45, 2.75) is 75.4 Å². The van der Waals surface area contributed by atoms with E-state index in [1.165, 1.54) is 10.1 Å². The quantitative estimate of drug-likeness (QED) is 0.282. The molecular formula is C24H22F8N4O3S. The summed E-state index contributed by atoms with van der Waals surface area (Å²) in [5.74, 6) is -1.42. The van der Waals surface area contributed by atoms with Crippen molar-refractivity contribution >= 4 is 23.2 Å². The molecule has 1 atom stereocenters. The van der Waals surface area contributed by atoms with Crippen LogP contribution in [0.25, 0.3) is 10.4 Å². The average Bonchev–Trinajstić information content (AvgIpc) is 3.46. The molecule has 1 saturated carbocycles. The second kappa shape index (κ2) is 10.7. The van der Waals surface area contributed by atoms with Gasteiger partial charge in [-0.25, -0.2) is 13.8 Å². The molecule has 2 fully saturated rings. The van der Waals surface area contributed by atoms with Crippen molar-refractivity contribution in [2.75, 3.05) is 6.54 Å². The smallest absolute Gasteiger partial charge is 0.347 e. The maximum atomic E-state index is 14.2. The van der Waals surface area contributed by atoms with E-state index in [2.05, 4.69) is 10.3 Å². The first-order chi connectivity index (χ1) is 18.6. The van der Waals surface area contributed by atoms with Crippen LogP contribution in [0.3, 0.4) is 0 Å². The number of likely N-dealkylation sites (tertiary alicyclic amines) is 1. The molecule has 7 nitrogen and oxygen atoms in total. The Bertz CT molecular complexity index is 1290. The molecule has 1 saturated heterocycles. The van der Waals surface area contributed by atoms with Gasteiger partial charge in [0, 0.05) is 35.3 Å². The molecule has 0 bridgehead atoms. The number of nitrogens with zero attached hydrogens (tertiary/aromatic N) is 3. The van der Waals surface area contributed by atoms with Gasteiger partial charge in [0.2, 0.25) is 0 Å². The number of thiazole rings is 1. The summed E-state index contributed by atoms with van der Waals surface area (Å²) in [6.07, 6.45) is -12.7. The molecule has 0 spiro atoms. The topological polar surface area (TPSA) is 91.7 Å². The van der Waals surface area contributed by atoms with Gasteiger partial charge in [-0.3, -0.25) is 9.59 Å². The third-order valence-corrected chi connectivity index (χ3v) is 8.27. The number of benzene rings is 1. The Morgan fingerprint density at radius 2 is 1.73 bits per heavy atom. The molecule has 40 heavy (non-hydrogen) atoms. The van der Waals surface area contributed by atoms with Crippen LogP contribution < -0.4 is 5.32 Å². The predicted octanol–water partition coefficient (Wildman–Crippen LogP) is 6.74. The Kier molecular flexibility index (Phi) is 7.95. The molecule has 2 heterocycles. The molecule has 1 aromatic heterocycles. The molecule has 218 valence electrons. The number of alkyl halides is 8. The zero-order valence-electron chi connectivity index (χ0n) is 20.7. The molecule has 0 unspecified atom stereocenters. The monoisotopic (exact) mass is 598 g/mol. The molecule has 1 N–H and O–H groups in total. The molecule has 0 radical (unpaired) electrons. The van der Waals surface area contributed by atoms with Crippen molar-refractivity contribution in [3.63, 3.8) is 0 Å². The molecule has 2 aliphatic rings. The highest BCUT2D eigenvalue weighted by molar-refractivity contribution is 7.17. The molecule has 1 aromatic carbocycles. The molecular weight excluding hydrogens is 576 g/mol.